The predicted molar refractivity (Wildman–Crippen MR) is 157 cm³/mol. The molecule has 0 radical (unpaired) electrons. The number of hydrogen-bond donors (Lipinski definition) is 1. The average Bonchev–Trinajstić information content (AvgIpc) is 3.23. The molecule has 1 atom stereocenters. The van der Waals surface area contributed by atoms with E-state index in [1.54, 1.807) is 36.4 Å². The van der Waals surface area contributed by atoms with Crippen LogP contribution in [-0.2, 0) is 34.2 Å². The second-order valence-corrected chi connectivity index (χ2v) is 11.1. The van der Waals surface area contributed by atoms with E-state index >= 15 is 0 Å². The molecule has 0 bridgehead atoms. The zero-order chi connectivity index (χ0) is 28.3. The van der Waals surface area contributed by atoms with E-state index in [1.807, 2.05) is 91.0 Å². The van der Waals surface area contributed by atoms with Gasteiger partial charge < -0.3 is 10.6 Å². The zero-order valence-electron chi connectivity index (χ0n) is 22.4. The summed E-state index contributed by atoms with van der Waals surface area (Å²) in [5.74, 6) is -0.313. The molecule has 0 spiro atoms. The van der Waals surface area contributed by atoms with Crippen LogP contribution in [0.5, 0.6) is 0 Å². The molecule has 0 aromatic heterocycles. The third kappa shape index (κ3) is 5.05. The Bertz CT molecular complexity index is 1570. The van der Waals surface area contributed by atoms with Gasteiger partial charge in [0.1, 0.15) is 0 Å². The fraction of sp³-hybridized carbons (Fsp3) is 0.156. The van der Waals surface area contributed by atoms with Gasteiger partial charge >= 0.3 is 0 Å². The standard InChI is InChI=1S/C32H30N4O3S/c1-35(22-25-13-9-10-19-28(25)40(2)39)29(37)24-14-11-12-23(20-24)21-36-30(38)32(34-31(36)33,26-15-5-3-6-16-26)27-17-7-4-8-18-27/h3-20H,21-22H2,1-2H3,(H2,33,34). The smallest absolute Gasteiger partial charge is 0.266 e. The van der Waals surface area contributed by atoms with Crippen LogP contribution in [0, 0.1) is 0 Å². The molecule has 7 nitrogen and oxygen atoms in total. The van der Waals surface area contributed by atoms with E-state index in [2.05, 4.69) is 0 Å². The number of amides is 2. The number of nitrogens with zero attached hydrogens (tertiary/aromatic N) is 3. The van der Waals surface area contributed by atoms with Gasteiger partial charge in [0.25, 0.3) is 11.8 Å². The van der Waals surface area contributed by atoms with Crippen LogP contribution in [-0.4, -0.2) is 45.1 Å². The molecule has 1 aliphatic rings. The minimum atomic E-state index is -1.28. The lowest BCUT2D eigenvalue weighted by atomic mass is 9.83. The fourth-order valence-electron chi connectivity index (χ4n) is 5.08. The van der Waals surface area contributed by atoms with E-state index in [0.717, 1.165) is 22.3 Å². The molecule has 4 aromatic rings. The van der Waals surface area contributed by atoms with E-state index < -0.39 is 16.3 Å². The maximum Gasteiger partial charge on any atom is 0.266 e. The highest BCUT2D eigenvalue weighted by molar-refractivity contribution is 7.84. The van der Waals surface area contributed by atoms with Crippen LogP contribution in [0.4, 0.5) is 0 Å². The minimum absolute atomic E-state index is 0.121. The Balaban J connectivity index is 1.40. The molecule has 5 rings (SSSR count). The first-order chi connectivity index (χ1) is 19.3. The van der Waals surface area contributed by atoms with Crippen molar-refractivity contribution in [2.24, 2.45) is 10.7 Å². The highest BCUT2D eigenvalue weighted by atomic mass is 32.2. The van der Waals surface area contributed by atoms with E-state index in [4.69, 9.17) is 10.7 Å². The van der Waals surface area contributed by atoms with Gasteiger partial charge in [-0.15, -0.1) is 0 Å². The lowest BCUT2D eigenvalue weighted by Crippen LogP contribution is -2.43. The molecule has 0 fully saturated rings. The minimum Gasteiger partial charge on any atom is -0.369 e. The predicted octanol–water partition coefficient (Wildman–Crippen LogP) is 4.30. The topological polar surface area (TPSA) is 96.1 Å². The van der Waals surface area contributed by atoms with Crippen molar-refractivity contribution in [3.05, 3.63) is 137 Å². The normalized spacial score (nSPS) is 15.0. The van der Waals surface area contributed by atoms with Crippen LogP contribution >= 0.6 is 0 Å². The quantitative estimate of drug-likeness (QED) is 0.354. The number of benzene rings is 4. The van der Waals surface area contributed by atoms with Crippen LogP contribution in [0.15, 0.2) is 119 Å². The van der Waals surface area contributed by atoms with Crippen LogP contribution in [0.1, 0.15) is 32.6 Å². The second-order valence-electron chi connectivity index (χ2n) is 9.73. The van der Waals surface area contributed by atoms with Crippen molar-refractivity contribution in [1.82, 2.24) is 9.80 Å². The monoisotopic (exact) mass is 550 g/mol. The van der Waals surface area contributed by atoms with E-state index in [-0.39, 0.29) is 24.3 Å². The third-order valence-corrected chi connectivity index (χ3v) is 8.07. The van der Waals surface area contributed by atoms with Gasteiger partial charge in [0.2, 0.25) is 0 Å². The van der Waals surface area contributed by atoms with E-state index in [9.17, 15) is 13.8 Å². The highest BCUT2D eigenvalue weighted by Gasteiger charge is 2.50. The van der Waals surface area contributed by atoms with E-state index in [0.29, 0.717) is 17.0 Å². The number of aliphatic imine (C=N–C) groups is 1. The van der Waals surface area contributed by atoms with Crippen molar-refractivity contribution >= 4 is 28.6 Å². The van der Waals surface area contributed by atoms with Crippen LogP contribution in [0.3, 0.4) is 0 Å². The molecule has 0 saturated heterocycles. The van der Waals surface area contributed by atoms with Crippen molar-refractivity contribution in [3.8, 4) is 0 Å². The maximum absolute atomic E-state index is 14.1. The second kappa shape index (κ2) is 11.3. The SMILES string of the molecule is CN(Cc1ccccc1S(C)=O)C(=O)c1cccc(CN2C(=O)C(c3ccccc3)(c3ccccc3)N=C2N)c1. The third-order valence-electron chi connectivity index (χ3n) is 7.05. The molecule has 8 heteroatoms. The molecule has 2 N–H and O–H groups in total. The summed E-state index contributed by atoms with van der Waals surface area (Å²) in [7, 11) is 0.554. The van der Waals surface area contributed by atoms with Crippen LogP contribution < -0.4 is 5.73 Å². The Morgan fingerprint density at radius 2 is 1.50 bits per heavy atom. The van der Waals surface area contributed by atoms with Crippen LogP contribution in [0.2, 0.25) is 0 Å². The summed E-state index contributed by atoms with van der Waals surface area (Å²) in [5, 5.41) is 0. The van der Waals surface area contributed by atoms with Crippen LogP contribution in [0.25, 0.3) is 0 Å². The molecule has 2 amide bonds. The van der Waals surface area contributed by atoms with Crippen molar-refractivity contribution in [3.63, 3.8) is 0 Å². The first kappa shape index (κ1) is 27.0. The molecule has 0 saturated carbocycles. The molecule has 202 valence electrons. The Labute approximate surface area is 236 Å². The zero-order valence-corrected chi connectivity index (χ0v) is 23.2. The Hall–Kier alpha value is -4.56. The largest absolute Gasteiger partial charge is 0.369 e. The van der Waals surface area contributed by atoms with Gasteiger partial charge in [-0.3, -0.25) is 18.7 Å². The summed E-state index contributed by atoms with van der Waals surface area (Å²) in [4.78, 5) is 36.0. The summed E-state index contributed by atoms with van der Waals surface area (Å²) in [6.45, 7) is 0.484. The Kier molecular flexibility index (Phi) is 7.62. The number of carbonyl (C=O) groups excluding carboxylic acids is 2. The first-order valence-electron chi connectivity index (χ1n) is 12.9. The Morgan fingerprint density at radius 1 is 0.900 bits per heavy atom. The van der Waals surface area contributed by atoms with Crippen molar-refractivity contribution in [2.75, 3.05) is 13.3 Å². The first-order valence-corrected chi connectivity index (χ1v) is 14.4. The molecule has 4 aromatic carbocycles. The molecule has 1 unspecified atom stereocenters. The molecular weight excluding hydrogens is 520 g/mol. The van der Waals surface area contributed by atoms with Gasteiger partial charge in [0.05, 0.1) is 17.3 Å². The molecule has 1 heterocycles. The Morgan fingerprint density at radius 3 is 2.12 bits per heavy atom. The van der Waals surface area contributed by atoms with Gasteiger partial charge in [0, 0.05) is 30.3 Å². The van der Waals surface area contributed by atoms with E-state index in [1.165, 1.54) is 4.90 Å². The molecular formula is C32H30N4O3S. The number of rotatable bonds is 8. The summed E-state index contributed by atoms with van der Waals surface area (Å²) in [6.07, 6.45) is 1.63. The molecule has 40 heavy (non-hydrogen) atoms. The lowest BCUT2D eigenvalue weighted by Gasteiger charge is -2.27. The van der Waals surface area contributed by atoms with Gasteiger partial charge in [-0.25, -0.2) is 4.99 Å². The maximum atomic E-state index is 14.1. The average molecular weight is 551 g/mol. The molecule has 1 aliphatic heterocycles. The molecule has 0 aliphatic carbocycles. The number of guanidine groups is 1. The highest BCUT2D eigenvalue weighted by Crippen LogP contribution is 2.40. The fourth-order valence-corrected chi connectivity index (χ4v) is 5.85. The number of nitrogens with two attached hydrogens (primary N) is 1. The van der Waals surface area contributed by atoms with Crippen molar-refractivity contribution < 1.29 is 13.8 Å². The summed E-state index contributed by atoms with van der Waals surface area (Å²) in [6, 6.07) is 33.4. The lowest BCUT2D eigenvalue weighted by molar-refractivity contribution is -0.130. The van der Waals surface area contributed by atoms with Crippen molar-refractivity contribution in [1.29, 1.82) is 0 Å². The summed E-state index contributed by atoms with van der Waals surface area (Å²) in [5.41, 5.74) is 8.63. The van der Waals surface area contributed by atoms with Gasteiger partial charge in [-0.2, -0.15) is 0 Å². The number of hydrogen-bond acceptors (Lipinski definition) is 5. The number of carbonyl (C=O) groups is 2. The van der Waals surface area contributed by atoms with Gasteiger partial charge in [-0.1, -0.05) is 91.0 Å². The van der Waals surface area contributed by atoms with Gasteiger partial charge in [-0.05, 0) is 40.5 Å². The summed E-state index contributed by atoms with van der Waals surface area (Å²) < 4.78 is 12.1. The van der Waals surface area contributed by atoms with Gasteiger partial charge in [0.15, 0.2) is 11.5 Å². The van der Waals surface area contributed by atoms with Crippen molar-refractivity contribution in [2.45, 2.75) is 23.5 Å². The summed E-state index contributed by atoms with van der Waals surface area (Å²) >= 11 is 0.